The van der Waals surface area contributed by atoms with Gasteiger partial charge in [-0.25, -0.2) is 4.79 Å². The molecule has 0 spiro atoms. The quantitative estimate of drug-likeness (QED) is 0.441. The summed E-state index contributed by atoms with van der Waals surface area (Å²) in [6, 6.07) is 9.09. The van der Waals surface area contributed by atoms with Gasteiger partial charge < -0.3 is 15.6 Å². The summed E-state index contributed by atoms with van der Waals surface area (Å²) in [5, 5.41) is 10.3. The minimum atomic E-state index is -4.42. The molecule has 2 aromatic carbocycles. The summed E-state index contributed by atoms with van der Waals surface area (Å²) in [7, 11) is 1.83. The zero-order valence-corrected chi connectivity index (χ0v) is 15.2. The Bertz CT molecular complexity index is 1180. The van der Waals surface area contributed by atoms with E-state index in [0.717, 1.165) is 34.2 Å². The van der Waals surface area contributed by atoms with E-state index in [4.69, 9.17) is 0 Å². The summed E-state index contributed by atoms with van der Waals surface area (Å²) >= 11 is 0. The van der Waals surface area contributed by atoms with Crippen molar-refractivity contribution in [3.8, 4) is 11.1 Å². The van der Waals surface area contributed by atoms with Crippen molar-refractivity contribution in [2.24, 2.45) is 7.05 Å². The molecule has 2 amide bonds. The first-order valence-corrected chi connectivity index (χ1v) is 8.65. The van der Waals surface area contributed by atoms with Crippen LogP contribution in [0, 0.1) is 0 Å². The van der Waals surface area contributed by atoms with E-state index in [1.54, 1.807) is 16.9 Å². The summed E-state index contributed by atoms with van der Waals surface area (Å²) in [4.78, 5) is 15.4. The van der Waals surface area contributed by atoms with Crippen LogP contribution < -0.4 is 10.6 Å². The number of fused-ring (bicyclic) bond motifs is 1. The molecule has 0 radical (unpaired) electrons. The van der Waals surface area contributed by atoms with Crippen molar-refractivity contribution in [1.29, 1.82) is 0 Å². The van der Waals surface area contributed by atoms with Crippen molar-refractivity contribution in [3.63, 3.8) is 0 Å². The second kappa shape index (κ2) is 7.01. The van der Waals surface area contributed by atoms with E-state index in [0.29, 0.717) is 5.69 Å². The predicted octanol–water partition coefficient (Wildman–Crippen LogP) is 5.23. The number of amides is 2. The van der Waals surface area contributed by atoms with Crippen LogP contribution in [0.15, 0.2) is 61.1 Å². The van der Waals surface area contributed by atoms with Crippen LogP contribution in [0.3, 0.4) is 0 Å². The lowest BCUT2D eigenvalue weighted by Crippen LogP contribution is -2.19. The number of urea groups is 1. The Kier molecular flexibility index (Phi) is 4.50. The second-order valence-electron chi connectivity index (χ2n) is 6.52. The molecule has 4 aromatic rings. The van der Waals surface area contributed by atoms with Gasteiger partial charge in [-0.1, -0.05) is 0 Å². The zero-order chi connectivity index (χ0) is 20.6. The molecule has 9 heteroatoms. The van der Waals surface area contributed by atoms with Gasteiger partial charge in [-0.2, -0.15) is 18.3 Å². The zero-order valence-electron chi connectivity index (χ0n) is 15.2. The molecule has 0 saturated heterocycles. The minimum absolute atomic E-state index is 0.259. The third kappa shape index (κ3) is 3.93. The van der Waals surface area contributed by atoms with Crippen LogP contribution in [0.4, 0.5) is 29.3 Å². The van der Waals surface area contributed by atoms with Crippen molar-refractivity contribution in [2.75, 3.05) is 10.6 Å². The fourth-order valence-corrected chi connectivity index (χ4v) is 3.03. The number of aromatic amines is 1. The highest BCUT2D eigenvalue weighted by Crippen LogP contribution is 2.31. The first kappa shape index (κ1) is 18.6. The lowest BCUT2D eigenvalue weighted by atomic mass is 10.1. The maximum atomic E-state index is 12.6. The number of anilines is 2. The molecule has 0 atom stereocenters. The van der Waals surface area contributed by atoms with Crippen molar-refractivity contribution in [1.82, 2.24) is 14.8 Å². The molecule has 0 unspecified atom stereocenters. The maximum Gasteiger partial charge on any atom is 0.416 e. The number of rotatable bonds is 3. The van der Waals surface area contributed by atoms with Crippen LogP contribution in [0.5, 0.6) is 0 Å². The predicted molar refractivity (Wildman–Crippen MR) is 105 cm³/mol. The van der Waals surface area contributed by atoms with E-state index >= 15 is 0 Å². The summed E-state index contributed by atoms with van der Waals surface area (Å²) < 4.78 is 39.6. The molecule has 4 rings (SSSR count). The smallest absolute Gasteiger partial charge is 0.361 e. The largest absolute Gasteiger partial charge is 0.416 e. The van der Waals surface area contributed by atoms with E-state index in [2.05, 4.69) is 20.7 Å². The number of nitrogens with zero attached hydrogens (tertiary/aromatic N) is 2. The first-order valence-electron chi connectivity index (χ1n) is 8.65. The van der Waals surface area contributed by atoms with E-state index in [-0.39, 0.29) is 5.69 Å². The molecule has 2 aromatic heterocycles. The highest BCUT2D eigenvalue weighted by molar-refractivity contribution is 6.03. The molecular weight excluding hydrogens is 383 g/mol. The summed E-state index contributed by atoms with van der Waals surface area (Å²) in [5.41, 5.74) is 2.81. The molecular formula is C20H16F3N5O. The first-order chi connectivity index (χ1) is 13.8. The monoisotopic (exact) mass is 399 g/mol. The van der Waals surface area contributed by atoms with Gasteiger partial charge in [0.1, 0.15) is 0 Å². The van der Waals surface area contributed by atoms with Gasteiger partial charge in [0.05, 0.1) is 11.8 Å². The van der Waals surface area contributed by atoms with Gasteiger partial charge in [-0.05, 0) is 42.5 Å². The lowest BCUT2D eigenvalue weighted by Gasteiger charge is -2.10. The fraction of sp³-hybridized carbons (Fsp3) is 0.100. The Hall–Kier alpha value is -3.75. The molecule has 3 N–H and O–H groups in total. The number of carbonyl (C=O) groups excluding carboxylic acids is 1. The maximum absolute atomic E-state index is 12.6. The van der Waals surface area contributed by atoms with Gasteiger partial charge in [-0.15, -0.1) is 0 Å². The van der Waals surface area contributed by atoms with Gasteiger partial charge in [0.2, 0.25) is 0 Å². The standard InChI is InChI=1S/C20H16F3N5O/c1-28-11-12(9-25-28)17-10-24-18-7-6-15(8-16(17)18)27-19(29)26-14-4-2-13(3-5-14)20(21,22)23/h2-11,24H,1H3,(H2,26,27,29). The number of hydrogen-bond donors (Lipinski definition) is 3. The number of benzene rings is 2. The van der Waals surface area contributed by atoms with Crippen LogP contribution in [0.2, 0.25) is 0 Å². The second-order valence-corrected chi connectivity index (χ2v) is 6.52. The molecule has 0 bridgehead atoms. The summed E-state index contributed by atoms with van der Waals surface area (Å²) in [5.74, 6) is 0. The van der Waals surface area contributed by atoms with Crippen LogP contribution in [0.1, 0.15) is 5.56 Å². The van der Waals surface area contributed by atoms with Gasteiger partial charge >= 0.3 is 12.2 Å². The van der Waals surface area contributed by atoms with Crippen molar-refractivity contribution in [3.05, 3.63) is 66.6 Å². The van der Waals surface area contributed by atoms with E-state index in [1.807, 2.05) is 31.6 Å². The highest BCUT2D eigenvalue weighted by Gasteiger charge is 2.30. The molecule has 0 fully saturated rings. The molecule has 29 heavy (non-hydrogen) atoms. The number of H-pyrrole nitrogens is 1. The molecule has 148 valence electrons. The molecule has 0 aliphatic heterocycles. The number of alkyl halides is 3. The number of carbonyl (C=O) groups is 1. The van der Waals surface area contributed by atoms with Crippen LogP contribution in [-0.2, 0) is 13.2 Å². The van der Waals surface area contributed by atoms with Crippen molar-refractivity contribution in [2.45, 2.75) is 6.18 Å². The topological polar surface area (TPSA) is 74.7 Å². The normalized spacial score (nSPS) is 11.6. The van der Waals surface area contributed by atoms with Crippen molar-refractivity contribution < 1.29 is 18.0 Å². The third-order valence-corrected chi connectivity index (χ3v) is 4.43. The minimum Gasteiger partial charge on any atom is -0.361 e. The number of aromatic nitrogens is 3. The van der Waals surface area contributed by atoms with Gasteiger partial charge in [0.15, 0.2) is 0 Å². The molecule has 0 saturated carbocycles. The van der Waals surface area contributed by atoms with Gasteiger partial charge in [0.25, 0.3) is 0 Å². The van der Waals surface area contributed by atoms with Crippen LogP contribution in [-0.4, -0.2) is 20.8 Å². The molecule has 0 aliphatic carbocycles. The highest BCUT2D eigenvalue weighted by atomic mass is 19.4. The van der Waals surface area contributed by atoms with Gasteiger partial charge in [0, 0.05) is 52.8 Å². The van der Waals surface area contributed by atoms with Gasteiger partial charge in [-0.3, -0.25) is 4.68 Å². The number of halogens is 3. The Morgan fingerprint density at radius 3 is 2.41 bits per heavy atom. The molecule has 6 nitrogen and oxygen atoms in total. The molecule has 2 heterocycles. The average Bonchev–Trinajstić information content (AvgIpc) is 3.27. The number of hydrogen-bond acceptors (Lipinski definition) is 2. The molecule has 0 aliphatic rings. The summed E-state index contributed by atoms with van der Waals surface area (Å²) in [6.45, 7) is 0. The van der Waals surface area contributed by atoms with E-state index < -0.39 is 17.8 Å². The Labute approximate surface area is 163 Å². The van der Waals surface area contributed by atoms with E-state index in [9.17, 15) is 18.0 Å². The lowest BCUT2D eigenvalue weighted by molar-refractivity contribution is -0.137. The SMILES string of the molecule is Cn1cc(-c2c[nH]c3ccc(NC(=O)Nc4ccc(C(F)(F)F)cc4)cc23)cn1. The Balaban J connectivity index is 1.51. The summed E-state index contributed by atoms with van der Waals surface area (Å²) in [6.07, 6.45) is 1.09. The van der Waals surface area contributed by atoms with E-state index in [1.165, 1.54) is 12.1 Å². The van der Waals surface area contributed by atoms with Crippen LogP contribution in [0.25, 0.3) is 22.0 Å². The van der Waals surface area contributed by atoms with Crippen LogP contribution >= 0.6 is 0 Å². The number of nitrogens with one attached hydrogen (secondary N) is 3. The Morgan fingerprint density at radius 2 is 1.76 bits per heavy atom. The fourth-order valence-electron chi connectivity index (χ4n) is 3.03. The third-order valence-electron chi connectivity index (χ3n) is 4.43. The number of aryl methyl sites for hydroxylation is 1. The Morgan fingerprint density at radius 1 is 1.07 bits per heavy atom. The van der Waals surface area contributed by atoms with Crippen molar-refractivity contribution >= 4 is 28.3 Å². The average molecular weight is 399 g/mol.